The number of benzene rings is 3. The lowest BCUT2D eigenvalue weighted by Crippen LogP contribution is -2.58. The average molecular weight is 575 g/mol. The average Bonchev–Trinajstić information content (AvgIpc) is 2.96. The SMILES string of the molecule is COc1ccccc1-c1ccc(C[C@H](NC(=S)C2(c3ccccc3)CCCN(C(=O)OC(C)(C)C)C2)C(=O)O)cc1. The molecule has 3 aromatic rings. The number of para-hydroxylation sites is 1. The number of nitrogens with zero attached hydrogens (tertiary/aromatic N) is 1. The van der Waals surface area contributed by atoms with Crippen LogP contribution >= 0.6 is 12.2 Å². The highest BCUT2D eigenvalue weighted by Crippen LogP contribution is 2.36. The van der Waals surface area contributed by atoms with Crippen molar-refractivity contribution < 1.29 is 24.2 Å². The molecule has 0 saturated carbocycles. The number of ether oxygens (including phenoxy) is 2. The molecule has 1 aliphatic heterocycles. The van der Waals surface area contributed by atoms with E-state index < -0.39 is 29.1 Å². The topological polar surface area (TPSA) is 88.1 Å². The van der Waals surface area contributed by atoms with Crippen molar-refractivity contribution in [3.05, 3.63) is 90.0 Å². The van der Waals surface area contributed by atoms with Crippen LogP contribution in [-0.4, -0.2) is 58.9 Å². The highest BCUT2D eigenvalue weighted by Gasteiger charge is 2.44. The second kappa shape index (κ2) is 12.7. The number of carboxylic acid groups (broad SMARTS) is 1. The van der Waals surface area contributed by atoms with Crippen LogP contribution in [0.15, 0.2) is 78.9 Å². The molecule has 1 aliphatic rings. The highest BCUT2D eigenvalue weighted by atomic mass is 32.1. The van der Waals surface area contributed by atoms with Gasteiger partial charge in [-0.3, -0.25) is 0 Å². The molecule has 2 atom stereocenters. The molecule has 7 nitrogen and oxygen atoms in total. The molecule has 3 aromatic carbocycles. The van der Waals surface area contributed by atoms with E-state index in [0.717, 1.165) is 28.0 Å². The van der Waals surface area contributed by atoms with E-state index >= 15 is 0 Å². The van der Waals surface area contributed by atoms with Crippen LogP contribution in [0.5, 0.6) is 5.75 Å². The molecule has 1 fully saturated rings. The summed E-state index contributed by atoms with van der Waals surface area (Å²) >= 11 is 5.97. The van der Waals surface area contributed by atoms with Gasteiger partial charge >= 0.3 is 12.1 Å². The number of rotatable bonds is 8. The van der Waals surface area contributed by atoms with Crippen LogP contribution in [0.25, 0.3) is 11.1 Å². The number of carboxylic acids is 1. The van der Waals surface area contributed by atoms with Crippen molar-refractivity contribution in [2.75, 3.05) is 20.2 Å². The van der Waals surface area contributed by atoms with Crippen molar-refractivity contribution in [2.24, 2.45) is 0 Å². The summed E-state index contributed by atoms with van der Waals surface area (Å²) in [5.74, 6) is -0.223. The van der Waals surface area contributed by atoms with Crippen molar-refractivity contribution in [2.45, 2.75) is 57.1 Å². The lowest BCUT2D eigenvalue weighted by atomic mass is 9.73. The Balaban J connectivity index is 1.56. The summed E-state index contributed by atoms with van der Waals surface area (Å²) < 4.78 is 11.1. The normalized spacial score (nSPS) is 17.8. The molecule has 4 rings (SSSR count). The number of amides is 1. The molecule has 0 aromatic heterocycles. The monoisotopic (exact) mass is 574 g/mol. The van der Waals surface area contributed by atoms with Crippen LogP contribution in [0.1, 0.15) is 44.7 Å². The van der Waals surface area contributed by atoms with Gasteiger partial charge in [-0.1, -0.05) is 85.0 Å². The number of nitrogens with one attached hydrogen (secondary N) is 1. The van der Waals surface area contributed by atoms with Crippen LogP contribution in [0, 0.1) is 0 Å². The molecule has 0 radical (unpaired) electrons. The predicted octanol–water partition coefficient (Wildman–Crippen LogP) is 6.24. The third kappa shape index (κ3) is 7.24. The standard InChI is InChI=1S/C33H38N2O5S/c1-32(2,3)40-31(38)35-20-10-19-33(22-35,25-11-6-5-7-12-25)30(41)34-27(29(36)37)21-23-15-17-24(18-16-23)26-13-8-9-14-28(26)39-4/h5-9,11-18,27H,10,19-22H2,1-4H3,(H,34,41)(H,36,37)/t27-,33?/m0/s1. The van der Waals surface area contributed by atoms with E-state index in [2.05, 4.69) is 5.32 Å². The largest absolute Gasteiger partial charge is 0.496 e. The Bertz CT molecular complexity index is 1370. The van der Waals surface area contributed by atoms with E-state index in [1.54, 1.807) is 12.0 Å². The molecule has 1 unspecified atom stereocenters. The number of methoxy groups -OCH3 is 1. The first kappa shape index (κ1) is 30.1. The number of aliphatic carboxylic acids is 1. The molecule has 41 heavy (non-hydrogen) atoms. The molecule has 1 saturated heterocycles. The van der Waals surface area contributed by atoms with Gasteiger partial charge in [0.2, 0.25) is 0 Å². The lowest BCUT2D eigenvalue weighted by Gasteiger charge is -2.44. The Morgan fingerprint density at radius 3 is 2.32 bits per heavy atom. The van der Waals surface area contributed by atoms with Gasteiger partial charge in [-0.25, -0.2) is 9.59 Å². The van der Waals surface area contributed by atoms with Gasteiger partial charge in [0.25, 0.3) is 0 Å². The summed E-state index contributed by atoms with van der Waals surface area (Å²) in [5, 5.41) is 13.4. The maximum absolute atomic E-state index is 13.0. The fourth-order valence-electron chi connectivity index (χ4n) is 5.28. The third-order valence-electron chi connectivity index (χ3n) is 7.32. The summed E-state index contributed by atoms with van der Waals surface area (Å²) in [4.78, 5) is 27.6. The number of carbonyl (C=O) groups is 2. The highest BCUT2D eigenvalue weighted by molar-refractivity contribution is 7.80. The fraction of sp³-hybridized carbons (Fsp3) is 0.364. The zero-order valence-corrected chi connectivity index (χ0v) is 24.9. The van der Waals surface area contributed by atoms with Crippen LogP contribution in [0.2, 0.25) is 0 Å². The Hall–Kier alpha value is -3.91. The number of thiocarbonyl (C=S) groups is 1. The molecule has 8 heteroatoms. The van der Waals surface area contributed by atoms with Gasteiger partial charge in [-0.05, 0) is 56.4 Å². The molecule has 216 valence electrons. The van der Waals surface area contributed by atoms with Crippen LogP contribution in [-0.2, 0) is 21.4 Å². The minimum absolute atomic E-state index is 0.238. The molecular weight excluding hydrogens is 536 g/mol. The molecule has 1 amide bonds. The summed E-state index contributed by atoms with van der Waals surface area (Å²) in [7, 11) is 1.64. The van der Waals surface area contributed by atoms with E-state index in [0.29, 0.717) is 30.9 Å². The van der Waals surface area contributed by atoms with Crippen LogP contribution in [0.4, 0.5) is 4.79 Å². The summed E-state index contributed by atoms with van der Waals surface area (Å²) in [5.41, 5.74) is 2.38. The molecule has 2 N–H and O–H groups in total. The van der Waals surface area contributed by atoms with Crippen molar-refractivity contribution in [3.63, 3.8) is 0 Å². The van der Waals surface area contributed by atoms with E-state index in [1.165, 1.54) is 0 Å². The first-order valence-electron chi connectivity index (χ1n) is 13.8. The summed E-state index contributed by atoms with van der Waals surface area (Å²) in [6.45, 7) is 6.37. The van der Waals surface area contributed by atoms with Gasteiger partial charge in [0.1, 0.15) is 17.4 Å². The van der Waals surface area contributed by atoms with Gasteiger partial charge in [0.05, 0.1) is 17.5 Å². The molecule has 1 heterocycles. The summed E-state index contributed by atoms with van der Waals surface area (Å²) in [6.07, 6.45) is 1.23. The van der Waals surface area contributed by atoms with Crippen LogP contribution < -0.4 is 10.1 Å². The Morgan fingerprint density at radius 2 is 1.68 bits per heavy atom. The zero-order valence-electron chi connectivity index (χ0n) is 24.1. The minimum atomic E-state index is -0.996. The number of hydrogen-bond acceptors (Lipinski definition) is 5. The first-order valence-corrected chi connectivity index (χ1v) is 14.2. The quantitative estimate of drug-likeness (QED) is 0.308. The van der Waals surface area contributed by atoms with Gasteiger partial charge < -0.3 is 24.8 Å². The third-order valence-corrected chi connectivity index (χ3v) is 7.83. The van der Waals surface area contributed by atoms with Gasteiger partial charge in [-0.2, -0.15) is 0 Å². The van der Waals surface area contributed by atoms with Gasteiger partial charge in [-0.15, -0.1) is 0 Å². The Labute approximate surface area is 247 Å². The second-order valence-corrected chi connectivity index (χ2v) is 11.8. The molecule has 0 bridgehead atoms. The summed E-state index contributed by atoms with van der Waals surface area (Å²) in [6, 6.07) is 24.4. The fourth-order valence-corrected chi connectivity index (χ4v) is 5.71. The van der Waals surface area contributed by atoms with Crippen molar-refractivity contribution in [1.29, 1.82) is 0 Å². The number of hydrogen-bond donors (Lipinski definition) is 2. The van der Waals surface area contributed by atoms with E-state index in [-0.39, 0.29) is 6.42 Å². The molecule has 0 spiro atoms. The van der Waals surface area contributed by atoms with Gasteiger partial charge in [0, 0.05) is 25.1 Å². The molecule has 0 aliphatic carbocycles. The molecular formula is C33H38N2O5S. The van der Waals surface area contributed by atoms with Crippen molar-refractivity contribution in [1.82, 2.24) is 10.2 Å². The Morgan fingerprint density at radius 1 is 1.02 bits per heavy atom. The van der Waals surface area contributed by atoms with Crippen molar-refractivity contribution in [3.8, 4) is 16.9 Å². The second-order valence-electron chi connectivity index (χ2n) is 11.4. The Kier molecular flexibility index (Phi) is 9.33. The minimum Gasteiger partial charge on any atom is -0.496 e. The number of carbonyl (C=O) groups excluding carboxylic acids is 1. The van der Waals surface area contributed by atoms with E-state index in [1.807, 2.05) is 99.6 Å². The smallest absolute Gasteiger partial charge is 0.410 e. The maximum atomic E-state index is 13.0. The predicted molar refractivity (Wildman–Crippen MR) is 164 cm³/mol. The van der Waals surface area contributed by atoms with E-state index in [9.17, 15) is 14.7 Å². The van der Waals surface area contributed by atoms with E-state index in [4.69, 9.17) is 21.7 Å². The lowest BCUT2D eigenvalue weighted by molar-refractivity contribution is -0.139. The maximum Gasteiger partial charge on any atom is 0.410 e. The number of likely N-dealkylation sites (tertiary alicyclic amines) is 1. The van der Waals surface area contributed by atoms with Crippen LogP contribution in [0.3, 0.4) is 0 Å². The number of piperidine rings is 1. The van der Waals surface area contributed by atoms with Crippen molar-refractivity contribution >= 4 is 29.3 Å². The first-order chi connectivity index (χ1) is 19.5. The van der Waals surface area contributed by atoms with Gasteiger partial charge in [0.15, 0.2) is 0 Å². The zero-order chi connectivity index (χ0) is 29.6.